The standard InChI is InChI=1S/C16H15FN2O2/c1-21-13-7-8-14(18)15(10-13)19-16(20)9-4-11-2-5-12(17)6-3-11/h2-10H,18H2,1H3,(H,19,20). The van der Waals surface area contributed by atoms with E-state index in [1.54, 1.807) is 36.4 Å². The molecule has 0 aliphatic heterocycles. The lowest BCUT2D eigenvalue weighted by molar-refractivity contribution is -0.111. The van der Waals surface area contributed by atoms with Gasteiger partial charge in [-0.25, -0.2) is 4.39 Å². The summed E-state index contributed by atoms with van der Waals surface area (Å²) in [4.78, 5) is 11.8. The summed E-state index contributed by atoms with van der Waals surface area (Å²) >= 11 is 0. The van der Waals surface area contributed by atoms with Gasteiger partial charge in [-0.05, 0) is 35.9 Å². The van der Waals surface area contributed by atoms with Crippen molar-refractivity contribution in [3.63, 3.8) is 0 Å². The molecule has 1 amide bonds. The van der Waals surface area contributed by atoms with Crippen LogP contribution >= 0.6 is 0 Å². The summed E-state index contributed by atoms with van der Waals surface area (Å²) in [6.45, 7) is 0. The minimum absolute atomic E-state index is 0.319. The molecule has 0 radical (unpaired) electrons. The Bertz CT molecular complexity index is 666. The Balaban J connectivity index is 2.06. The molecule has 0 fully saturated rings. The van der Waals surface area contributed by atoms with Crippen LogP contribution in [0.15, 0.2) is 48.5 Å². The second-order valence-electron chi connectivity index (χ2n) is 4.33. The maximum absolute atomic E-state index is 12.8. The predicted octanol–water partition coefficient (Wildman–Crippen LogP) is 3.07. The zero-order valence-corrected chi connectivity index (χ0v) is 11.5. The fraction of sp³-hybridized carbons (Fsp3) is 0.0625. The largest absolute Gasteiger partial charge is 0.497 e. The highest BCUT2D eigenvalue weighted by atomic mass is 19.1. The maximum atomic E-state index is 12.8. The molecule has 0 aliphatic rings. The van der Waals surface area contributed by atoms with Crippen LogP contribution < -0.4 is 15.8 Å². The van der Waals surface area contributed by atoms with Crippen LogP contribution in [0, 0.1) is 5.82 Å². The number of amides is 1. The highest BCUT2D eigenvalue weighted by molar-refractivity contribution is 6.03. The molecule has 0 bridgehead atoms. The molecule has 0 saturated carbocycles. The number of carbonyl (C=O) groups is 1. The van der Waals surface area contributed by atoms with Crippen molar-refractivity contribution in [1.82, 2.24) is 0 Å². The minimum atomic E-state index is -0.334. The summed E-state index contributed by atoms with van der Waals surface area (Å²) < 4.78 is 17.8. The molecule has 0 aromatic heterocycles. The number of hydrogen-bond donors (Lipinski definition) is 2. The van der Waals surface area contributed by atoms with Crippen LogP contribution in [0.1, 0.15) is 5.56 Å². The van der Waals surface area contributed by atoms with Crippen molar-refractivity contribution >= 4 is 23.4 Å². The first-order chi connectivity index (χ1) is 10.1. The lowest BCUT2D eigenvalue weighted by Gasteiger charge is -2.08. The van der Waals surface area contributed by atoms with Crippen LogP contribution in [0.25, 0.3) is 6.08 Å². The molecule has 4 nitrogen and oxygen atoms in total. The van der Waals surface area contributed by atoms with Crippen molar-refractivity contribution in [2.24, 2.45) is 0 Å². The lowest BCUT2D eigenvalue weighted by Crippen LogP contribution is -2.09. The van der Waals surface area contributed by atoms with Gasteiger partial charge in [-0.15, -0.1) is 0 Å². The summed E-state index contributed by atoms with van der Waals surface area (Å²) in [6, 6.07) is 10.8. The zero-order chi connectivity index (χ0) is 15.2. The monoisotopic (exact) mass is 286 g/mol. The van der Waals surface area contributed by atoms with E-state index in [0.29, 0.717) is 17.1 Å². The van der Waals surface area contributed by atoms with Crippen molar-refractivity contribution < 1.29 is 13.9 Å². The first-order valence-electron chi connectivity index (χ1n) is 6.26. The Morgan fingerprint density at radius 1 is 1.24 bits per heavy atom. The van der Waals surface area contributed by atoms with Crippen molar-refractivity contribution in [3.8, 4) is 5.75 Å². The number of benzene rings is 2. The van der Waals surface area contributed by atoms with Gasteiger partial charge in [0.05, 0.1) is 18.5 Å². The van der Waals surface area contributed by atoms with E-state index in [4.69, 9.17) is 10.5 Å². The number of methoxy groups -OCH3 is 1. The third-order valence-corrected chi connectivity index (χ3v) is 2.82. The Labute approximate surface area is 122 Å². The molecular formula is C16H15FN2O2. The number of nitrogens with two attached hydrogens (primary N) is 1. The molecule has 0 atom stereocenters. The Kier molecular flexibility index (Phi) is 4.56. The smallest absolute Gasteiger partial charge is 0.248 e. The Morgan fingerprint density at radius 2 is 1.95 bits per heavy atom. The van der Waals surface area contributed by atoms with Gasteiger partial charge in [0.15, 0.2) is 0 Å². The fourth-order valence-corrected chi connectivity index (χ4v) is 1.69. The van der Waals surface area contributed by atoms with Crippen LogP contribution in [0.2, 0.25) is 0 Å². The Morgan fingerprint density at radius 3 is 2.62 bits per heavy atom. The molecule has 0 unspecified atom stereocenters. The first kappa shape index (κ1) is 14.6. The highest BCUT2D eigenvalue weighted by Crippen LogP contribution is 2.24. The normalized spacial score (nSPS) is 10.6. The van der Waals surface area contributed by atoms with Crippen molar-refractivity contribution in [2.75, 3.05) is 18.2 Å². The molecule has 3 N–H and O–H groups in total. The third-order valence-electron chi connectivity index (χ3n) is 2.82. The Hall–Kier alpha value is -2.82. The van der Waals surface area contributed by atoms with Crippen molar-refractivity contribution in [2.45, 2.75) is 0 Å². The van der Waals surface area contributed by atoms with E-state index in [-0.39, 0.29) is 11.7 Å². The highest BCUT2D eigenvalue weighted by Gasteiger charge is 2.04. The molecule has 0 heterocycles. The molecular weight excluding hydrogens is 271 g/mol. The summed E-state index contributed by atoms with van der Waals surface area (Å²) in [5.41, 5.74) is 7.43. The zero-order valence-electron chi connectivity index (χ0n) is 11.5. The van der Waals surface area contributed by atoms with E-state index < -0.39 is 0 Å². The average Bonchev–Trinajstić information content (AvgIpc) is 2.49. The molecule has 2 aromatic carbocycles. The average molecular weight is 286 g/mol. The number of anilines is 2. The summed E-state index contributed by atoms with van der Waals surface area (Å²) in [5.74, 6) is -0.0537. The third kappa shape index (κ3) is 4.07. The quantitative estimate of drug-likeness (QED) is 0.670. The van der Waals surface area contributed by atoms with Gasteiger partial charge in [0.2, 0.25) is 5.91 Å². The maximum Gasteiger partial charge on any atom is 0.248 e. The number of nitrogens with one attached hydrogen (secondary N) is 1. The molecule has 2 rings (SSSR count). The van der Waals surface area contributed by atoms with E-state index >= 15 is 0 Å². The van der Waals surface area contributed by atoms with Gasteiger partial charge in [-0.3, -0.25) is 4.79 Å². The van der Waals surface area contributed by atoms with Gasteiger partial charge in [-0.1, -0.05) is 12.1 Å². The van der Waals surface area contributed by atoms with Gasteiger partial charge < -0.3 is 15.8 Å². The van der Waals surface area contributed by atoms with E-state index in [1.165, 1.54) is 25.3 Å². The van der Waals surface area contributed by atoms with E-state index in [9.17, 15) is 9.18 Å². The number of hydrogen-bond acceptors (Lipinski definition) is 3. The van der Waals surface area contributed by atoms with Crippen LogP contribution in [0.4, 0.5) is 15.8 Å². The van der Waals surface area contributed by atoms with Crippen LogP contribution in [0.5, 0.6) is 5.75 Å². The van der Waals surface area contributed by atoms with Crippen LogP contribution in [0.3, 0.4) is 0 Å². The van der Waals surface area contributed by atoms with E-state index in [0.717, 1.165) is 5.56 Å². The van der Waals surface area contributed by atoms with Gasteiger partial charge in [-0.2, -0.15) is 0 Å². The van der Waals surface area contributed by atoms with Crippen molar-refractivity contribution in [3.05, 3.63) is 59.9 Å². The number of carbonyl (C=O) groups excluding carboxylic acids is 1. The SMILES string of the molecule is COc1ccc(N)c(NC(=O)C=Cc2ccc(F)cc2)c1. The molecule has 0 spiro atoms. The minimum Gasteiger partial charge on any atom is -0.497 e. The van der Waals surface area contributed by atoms with Crippen molar-refractivity contribution in [1.29, 1.82) is 0 Å². The summed E-state index contributed by atoms with van der Waals surface area (Å²) in [7, 11) is 1.53. The van der Waals surface area contributed by atoms with E-state index in [1.807, 2.05) is 0 Å². The number of ether oxygens (including phenoxy) is 1. The van der Waals surface area contributed by atoms with Gasteiger partial charge in [0, 0.05) is 12.1 Å². The number of halogens is 1. The van der Waals surface area contributed by atoms with Crippen LogP contribution in [-0.2, 0) is 4.79 Å². The second-order valence-corrected chi connectivity index (χ2v) is 4.33. The fourth-order valence-electron chi connectivity index (χ4n) is 1.69. The molecule has 5 heteroatoms. The first-order valence-corrected chi connectivity index (χ1v) is 6.26. The van der Waals surface area contributed by atoms with Gasteiger partial charge in [0.1, 0.15) is 11.6 Å². The predicted molar refractivity (Wildman–Crippen MR) is 81.5 cm³/mol. The van der Waals surface area contributed by atoms with E-state index in [2.05, 4.69) is 5.32 Å². The molecule has 108 valence electrons. The number of rotatable bonds is 4. The molecule has 2 aromatic rings. The second kappa shape index (κ2) is 6.56. The van der Waals surface area contributed by atoms with Gasteiger partial charge >= 0.3 is 0 Å². The molecule has 21 heavy (non-hydrogen) atoms. The summed E-state index contributed by atoms with van der Waals surface area (Å²) in [5, 5.41) is 2.66. The molecule has 0 aliphatic carbocycles. The topological polar surface area (TPSA) is 64.3 Å². The number of nitrogen functional groups attached to an aromatic ring is 1. The molecule has 0 saturated heterocycles. The van der Waals surface area contributed by atoms with Gasteiger partial charge in [0.25, 0.3) is 0 Å². The van der Waals surface area contributed by atoms with Crippen LogP contribution in [-0.4, -0.2) is 13.0 Å². The summed E-state index contributed by atoms with van der Waals surface area (Å²) in [6.07, 6.45) is 2.94. The lowest BCUT2D eigenvalue weighted by atomic mass is 10.2.